The monoisotopic (exact) mass is 213 g/mol. The van der Waals surface area contributed by atoms with E-state index in [-0.39, 0.29) is 0 Å². The summed E-state index contributed by atoms with van der Waals surface area (Å²) in [6.45, 7) is 3.97. The Bertz CT molecular complexity index is 309. The standard InChI is InChI=1S/C10H15NO2S/c1-3-5-9-11-8(6-14-9)7(4-2)10(12)13/h6-7H,3-5H2,1-2H3,(H,12,13). The smallest absolute Gasteiger partial charge is 0.312 e. The topological polar surface area (TPSA) is 50.2 Å². The Labute approximate surface area is 87.8 Å². The van der Waals surface area contributed by atoms with E-state index >= 15 is 0 Å². The Morgan fingerprint density at radius 3 is 2.86 bits per heavy atom. The summed E-state index contributed by atoms with van der Waals surface area (Å²) in [5.74, 6) is -1.21. The van der Waals surface area contributed by atoms with E-state index in [9.17, 15) is 4.79 Å². The molecule has 1 aromatic rings. The van der Waals surface area contributed by atoms with Gasteiger partial charge in [-0.2, -0.15) is 0 Å². The highest BCUT2D eigenvalue weighted by molar-refractivity contribution is 7.09. The molecule has 0 saturated heterocycles. The van der Waals surface area contributed by atoms with Gasteiger partial charge in [0.05, 0.1) is 16.6 Å². The van der Waals surface area contributed by atoms with Crippen molar-refractivity contribution in [2.75, 3.05) is 0 Å². The van der Waals surface area contributed by atoms with Crippen molar-refractivity contribution in [3.8, 4) is 0 Å². The van der Waals surface area contributed by atoms with Crippen LogP contribution < -0.4 is 0 Å². The molecule has 14 heavy (non-hydrogen) atoms. The maximum Gasteiger partial charge on any atom is 0.312 e. The van der Waals surface area contributed by atoms with E-state index in [0.29, 0.717) is 12.1 Å². The Morgan fingerprint density at radius 1 is 1.64 bits per heavy atom. The average molecular weight is 213 g/mol. The van der Waals surface area contributed by atoms with Gasteiger partial charge in [0, 0.05) is 5.38 Å². The van der Waals surface area contributed by atoms with Crippen molar-refractivity contribution >= 4 is 17.3 Å². The lowest BCUT2D eigenvalue weighted by Crippen LogP contribution is -2.10. The highest BCUT2D eigenvalue weighted by Gasteiger charge is 2.20. The third kappa shape index (κ3) is 2.54. The van der Waals surface area contributed by atoms with Crippen LogP contribution >= 0.6 is 11.3 Å². The second kappa shape index (κ2) is 5.10. The van der Waals surface area contributed by atoms with Crippen molar-refractivity contribution in [2.45, 2.75) is 39.0 Å². The number of nitrogens with zero attached hydrogens (tertiary/aromatic N) is 1. The van der Waals surface area contributed by atoms with Gasteiger partial charge >= 0.3 is 5.97 Å². The van der Waals surface area contributed by atoms with E-state index in [1.165, 1.54) is 0 Å². The number of hydrogen-bond acceptors (Lipinski definition) is 3. The predicted molar refractivity (Wildman–Crippen MR) is 56.8 cm³/mol. The Hall–Kier alpha value is -0.900. The molecule has 0 radical (unpaired) electrons. The molecular formula is C10H15NO2S. The number of carboxylic acids is 1. The highest BCUT2D eigenvalue weighted by Crippen LogP contribution is 2.22. The summed E-state index contributed by atoms with van der Waals surface area (Å²) in [4.78, 5) is 15.2. The van der Waals surface area contributed by atoms with Crippen LogP contribution in [0.3, 0.4) is 0 Å². The fraction of sp³-hybridized carbons (Fsp3) is 0.600. The number of carboxylic acid groups (broad SMARTS) is 1. The quantitative estimate of drug-likeness (QED) is 0.818. The van der Waals surface area contributed by atoms with Crippen LogP contribution in [0, 0.1) is 0 Å². The van der Waals surface area contributed by atoms with E-state index < -0.39 is 11.9 Å². The van der Waals surface area contributed by atoms with Gasteiger partial charge < -0.3 is 5.11 Å². The molecule has 4 heteroatoms. The third-order valence-corrected chi connectivity index (χ3v) is 3.02. The van der Waals surface area contributed by atoms with Crippen molar-refractivity contribution in [1.82, 2.24) is 4.98 Å². The van der Waals surface area contributed by atoms with E-state index in [2.05, 4.69) is 11.9 Å². The second-order valence-corrected chi connectivity index (χ2v) is 4.16. The number of thiazole rings is 1. The van der Waals surface area contributed by atoms with Crippen molar-refractivity contribution < 1.29 is 9.90 Å². The lowest BCUT2D eigenvalue weighted by molar-refractivity contribution is -0.138. The summed E-state index contributed by atoms with van der Waals surface area (Å²) in [5, 5.41) is 11.8. The van der Waals surface area contributed by atoms with Gasteiger partial charge in [0.1, 0.15) is 0 Å². The van der Waals surface area contributed by atoms with Gasteiger partial charge in [0.15, 0.2) is 0 Å². The van der Waals surface area contributed by atoms with Crippen molar-refractivity contribution in [3.63, 3.8) is 0 Å². The van der Waals surface area contributed by atoms with Crippen LogP contribution in [0.2, 0.25) is 0 Å². The summed E-state index contributed by atoms with van der Waals surface area (Å²) >= 11 is 1.56. The van der Waals surface area contributed by atoms with E-state index in [0.717, 1.165) is 17.8 Å². The van der Waals surface area contributed by atoms with E-state index in [1.54, 1.807) is 11.3 Å². The molecule has 78 valence electrons. The molecule has 1 atom stereocenters. The Kier molecular flexibility index (Phi) is 4.07. The van der Waals surface area contributed by atoms with Gasteiger partial charge in [-0.1, -0.05) is 13.8 Å². The highest BCUT2D eigenvalue weighted by atomic mass is 32.1. The minimum Gasteiger partial charge on any atom is -0.481 e. The normalized spacial score (nSPS) is 12.7. The molecule has 0 aliphatic heterocycles. The molecule has 1 aromatic heterocycles. The van der Waals surface area contributed by atoms with Gasteiger partial charge in [-0.3, -0.25) is 4.79 Å². The van der Waals surface area contributed by atoms with Crippen molar-refractivity contribution in [1.29, 1.82) is 0 Å². The first kappa shape index (κ1) is 11.2. The van der Waals surface area contributed by atoms with Crippen LogP contribution in [-0.4, -0.2) is 16.1 Å². The zero-order valence-electron chi connectivity index (χ0n) is 8.49. The van der Waals surface area contributed by atoms with Crippen LogP contribution in [0.5, 0.6) is 0 Å². The number of aromatic nitrogens is 1. The first-order valence-electron chi connectivity index (χ1n) is 4.86. The first-order chi connectivity index (χ1) is 6.69. The van der Waals surface area contributed by atoms with Gasteiger partial charge in [0.2, 0.25) is 0 Å². The zero-order chi connectivity index (χ0) is 10.6. The van der Waals surface area contributed by atoms with Crippen LogP contribution in [-0.2, 0) is 11.2 Å². The fourth-order valence-electron chi connectivity index (χ4n) is 1.32. The number of aryl methyl sites for hydroxylation is 1. The van der Waals surface area contributed by atoms with E-state index in [1.807, 2.05) is 12.3 Å². The Balaban J connectivity index is 2.78. The van der Waals surface area contributed by atoms with Crippen LogP contribution in [0.1, 0.15) is 43.3 Å². The first-order valence-corrected chi connectivity index (χ1v) is 5.74. The summed E-state index contributed by atoms with van der Waals surface area (Å²) in [7, 11) is 0. The van der Waals surface area contributed by atoms with Gasteiger partial charge in [-0.25, -0.2) is 4.98 Å². The molecule has 1 rings (SSSR count). The summed E-state index contributed by atoms with van der Waals surface area (Å²) in [6.07, 6.45) is 2.60. The molecule has 1 unspecified atom stereocenters. The maximum atomic E-state index is 10.9. The minimum atomic E-state index is -0.777. The summed E-state index contributed by atoms with van der Waals surface area (Å²) < 4.78 is 0. The van der Waals surface area contributed by atoms with Crippen LogP contribution in [0.15, 0.2) is 5.38 Å². The molecule has 1 heterocycles. The summed E-state index contributed by atoms with van der Waals surface area (Å²) in [6, 6.07) is 0. The van der Waals surface area contributed by atoms with Gasteiger partial charge in [0.25, 0.3) is 0 Å². The number of rotatable bonds is 5. The lowest BCUT2D eigenvalue weighted by atomic mass is 10.0. The predicted octanol–water partition coefficient (Wildman–Crippen LogP) is 2.67. The summed E-state index contributed by atoms with van der Waals surface area (Å²) in [5.41, 5.74) is 0.716. The maximum absolute atomic E-state index is 10.9. The zero-order valence-corrected chi connectivity index (χ0v) is 9.30. The molecule has 0 aromatic carbocycles. The van der Waals surface area contributed by atoms with Gasteiger partial charge in [-0.05, 0) is 19.3 Å². The molecule has 0 fully saturated rings. The van der Waals surface area contributed by atoms with E-state index in [4.69, 9.17) is 5.11 Å². The molecule has 3 nitrogen and oxygen atoms in total. The SMILES string of the molecule is CCCc1nc(C(CC)C(=O)O)cs1. The van der Waals surface area contributed by atoms with Crippen molar-refractivity contribution in [2.24, 2.45) is 0 Å². The number of carbonyl (C=O) groups is 1. The molecule has 0 saturated carbocycles. The fourth-order valence-corrected chi connectivity index (χ4v) is 2.28. The van der Waals surface area contributed by atoms with Crippen molar-refractivity contribution in [3.05, 3.63) is 16.1 Å². The molecule has 0 bridgehead atoms. The second-order valence-electron chi connectivity index (χ2n) is 3.22. The van der Waals surface area contributed by atoms with Crippen LogP contribution in [0.4, 0.5) is 0 Å². The molecule has 0 aliphatic carbocycles. The lowest BCUT2D eigenvalue weighted by Gasteiger charge is -2.04. The number of aliphatic carboxylic acids is 1. The van der Waals surface area contributed by atoms with Gasteiger partial charge in [-0.15, -0.1) is 11.3 Å². The largest absolute Gasteiger partial charge is 0.481 e. The average Bonchev–Trinajstić information content (AvgIpc) is 2.54. The third-order valence-electron chi connectivity index (χ3n) is 2.10. The number of hydrogen-bond donors (Lipinski definition) is 1. The molecule has 0 spiro atoms. The molecule has 1 N–H and O–H groups in total. The molecule has 0 amide bonds. The minimum absolute atomic E-state index is 0.433. The van der Waals surface area contributed by atoms with Crippen LogP contribution in [0.25, 0.3) is 0 Å². The molecular weight excluding hydrogens is 198 g/mol. The Morgan fingerprint density at radius 2 is 2.36 bits per heavy atom. The molecule has 0 aliphatic rings.